The number of carbonyl (C=O) groups excluding carboxylic acids is 2. The lowest BCUT2D eigenvalue weighted by atomic mass is 10.2. The van der Waals surface area contributed by atoms with Crippen molar-refractivity contribution in [3.63, 3.8) is 0 Å². The van der Waals surface area contributed by atoms with Crippen LogP contribution < -0.4 is 10.1 Å². The van der Waals surface area contributed by atoms with Gasteiger partial charge in [-0.05, 0) is 30.3 Å². The molecule has 0 aliphatic rings. The zero-order valence-corrected chi connectivity index (χ0v) is 13.4. The van der Waals surface area contributed by atoms with E-state index in [-0.39, 0.29) is 12.5 Å². The van der Waals surface area contributed by atoms with Gasteiger partial charge in [0.2, 0.25) is 0 Å². The van der Waals surface area contributed by atoms with Crippen molar-refractivity contribution in [2.24, 2.45) is 0 Å². The zero-order valence-electron chi connectivity index (χ0n) is 11.8. The fourth-order valence-electron chi connectivity index (χ4n) is 1.77. The number of rotatable bonds is 5. The van der Waals surface area contributed by atoms with E-state index in [1.807, 2.05) is 12.1 Å². The summed E-state index contributed by atoms with van der Waals surface area (Å²) >= 11 is 3.32. The molecule has 0 aliphatic carbocycles. The molecule has 0 bridgehead atoms. The molecule has 0 radical (unpaired) electrons. The number of halogens is 1. The molecule has 0 fully saturated rings. The van der Waals surface area contributed by atoms with Gasteiger partial charge in [0.1, 0.15) is 5.75 Å². The van der Waals surface area contributed by atoms with Crippen LogP contribution in [0.4, 0.5) is 5.69 Å². The molecule has 6 heteroatoms. The van der Waals surface area contributed by atoms with Gasteiger partial charge in [-0.15, -0.1) is 0 Å². The number of hydrogen-bond donors (Lipinski definition) is 1. The van der Waals surface area contributed by atoms with Crippen LogP contribution in [-0.4, -0.2) is 25.6 Å². The van der Waals surface area contributed by atoms with Crippen LogP contribution >= 0.6 is 15.9 Å². The van der Waals surface area contributed by atoms with E-state index in [1.165, 1.54) is 7.11 Å². The highest BCUT2D eigenvalue weighted by Crippen LogP contribution is 2.18. The molecule has 1 amide bonds. The van der Waals surface area contributed by atoms with Crippen LogP contribution in [0.2, 0.25) is 0 Å². The van der Waals surface area contributed by atoms with Crippen LogP contribution in [0.15, 0.2) is 53.0 Å². The van der Waals surface area contributed by atoms with E-state index in [1.54, 1.807) is 36.4 Å². The Hall–Kier alpha value is -2.34. The molecule has 0 saturated heterocycles. The number of para-hydroxylation sites is 1. The van der Waals surface area contributed by atoms with Crippen LogP contribution in [0, 0.1) is 0 Å². The van der Waals surface area contributed by atoms with Gasteiger partial charge >= 0.3 is 5.97 Å². The van der Waals surface area contributed by atoms with Crippen LogP contribution in [0.5, 0.6) is 5.75 Å². The largest absolute Gasteiger partial charge is 0.484 e. The standard InChI is InChI=1S/C16H14BrNO4/c1-21-16(20)13-7-2-3-8-14(13)18-15(19)10-22-12-6-4-5-11(17)9-12/h2-9H,10H2,1H3,(H,18,19). The number of amides is 1. The van der Waals surface area contributed by atoms with E-state index in [2.05, 4.69) is 26.0 Å². The summed E-state index contributed by atoms with van der Waals surface area (Å²) in [5.41, 5.74) is 0.679. The number of benzene rings is 2. The highest BCUT2D eigenvalue weighted by molar-refractivity contribution is 9.10. The minimum Gasteiger partial charge on any atom is -0.484 e. The van der Waals surface area contributed by atoms with E-state index in [4.69, 9.17) is 4.74 Å². The normalized spacial score (nSPS) is 9.91. The van der Waals surface area contributed by atoms with Crippen molar-refractivity contribution in [1.82, 2.24) is 0 Å². The Kier molecular flexibility index (Phi) is 5.55. The van der Waals surface area contributed by atoms with Gasteiger partial charge in [0.25, 0.3) is 5.91 Å². The van der Waals surface area contributed by atoms with Gasteiger partial charge in [-0.1, -0.05) is 34.1 Å². The second-order valence-electron chi connectivity index (χ2n) is 4.33. The average Bonchev–Trinajstić information content (AvgIpc) is 2.53. The van der Waals surface area contributed by atoms with Gasteiger partial charge in [-0.2, -0.15) is 0 Å². The van der Waals surface area contributed by atoms with E-state index >= 15 is 0 Å². The number of ether oxygens (including phenoxy) is 2. The minimum absolute atomic E-state index is 0.161. The van der Waals surface area contributed by atoms with E-state index in [0.717, 1.165) is 4.47 Å². The Morgan fingerprint density at radius 1 is 1.14 bits per heavy atom. The average molecular weight is 364 g/mol. The predicted octanol–water partition coefficient (Wildman–Crippen LogP) is 3.25. The molecule has 2 rings (SSSR count). The molecular weight excluding hydrogens is 350 g/mol. The zero-order chi connectivity index (χ0) is 15.9. The maximum absolute atomic E-state index is 11.9. The smallest absolute Gasteiger partial charge is 0.339 e. The fraction of sp³-hybridized carbons (Fsp3) is 0.125. The molecule has 0 heterocycles. The van der Waals surface area contributed by atoms with Crippen molar-refractivity contribution in [1.29, 1.82) is 0 Å². The summed E-state index contributed by atoms with van der Waals surface area (Å²) < 4.78 is 10.9. The topological polar surface area (TPSA) is 64.6 Å². The second-order valence-corrected chi connectivity index (χ2v) is 5.25. The Labute approximate surface area is 136 Å². The van der Waals surface area contributed by atoms with Crippen LogP contribution in [0.1, 0.15) is 10.4 Å². The monoisotopic (exact) mass is 363 g/mol. The third-order valence-electron chi connectivity index (χ3n) is 2.77. The van der Waals surface area contributed by atoms with Gasteiger partial charge in [0.15, 0.2) is 6.61 Å². The van der Waals surface area contributed by atoms with E-state index in [9.17, 15) is 9.59 Å². The van der Waals surface area contributed by atoms with Crippen molar-refractivity contribution in [2.45, 2.75) is 0 Å². The molecule has 22 heavy (non-hydrogen) atoms. The quantitative estimate of drug-likeness (QED) is 0.828. The lowest BCUT2D eigenvalue weighted by molar-refractivity contribution is -0.118. The fourth-order valence-corrected chi connectivity index (χ4v) is 2.15. The predicted molar refractivity (Wildman–Crippen MR) is 86.0 cm³/mol. The Morgan fingerprint density at radius 3 is 2.64 bits per heavy atom. The molecule has 0 spiro atoms. The molecule has 114 valence electrons. The summed E-state index contributed by atoms with van der Waals surface area (Å²) in [6.45, 7) is -0.161. The number of carbonyl (C=O) groups is 2. The summed E-state index contributed by atoms with van der Waals surface area (Å²) in [5, 5.41) is 2.63. The summed E-state index contributed by atoms with van der Waals surface area (Å²) in [7, 11) is 1.29. The number of anilines is 1. The van der Waals surface area contributed by atoms with Gasteiger partial charge in [0.05, 0.1) is 18.4 Å². The first-order valence-electron chi connectivity index (χ1n) is 6.45. The maximum Gasteiger partial charge on any atom is 0.339 e. The highest BCUT2D eigenvalue weighted by Gasteiger charge is 2.13. The van der Waals surface area contributed by atoms with Crippen molar-refractivity contribution >= 4 is 33.5 Å². The summed E-state index contributed by atoms with van der Waals surface area (Å²) in [5.74, 6) is -0.300. The first-order valence-corrected chi connectivity index (χ1v) is 7.25. The first-order chi connectivity index (χ1) is 10.6. The van der Waals surface area contributed by atoms with E-state index in [0.29, 0.717) is 17.0 Å². The lowest BCUT2D eigenvalue weighted by Crippen LogP contribution is -2.21. The number of esters is 1. The molecule has 0 saturated carbocycles. The molecule has 5 nitrogen and oxygen atoms in total. The summed E-state index contributed by atoms with van der Waals surface area (Å²) in [6, 6.07) is 13.8. The molecule has 0 unspecified atom stereocenters. The SMILES string of the molecule is COC(=O)c1ccccc1NC(=O)COc1cccc(Br)c1. The second kappa shape index (κ2) is 7.61. The van der Waals surface area contributed by atoms with Crippen LogP contribution in [-0.2, 0) is 9.53 Å². The Balaban J connectivity index is 1.99. The van der Waals surface area contributed by atoms with Crippen LogP contribution in [0.3, 0.4) is 0 Å². The van der Waals surface area contributed by atoms with Gasteiger partial charge in [0, 0.05) is 4.47 Å². The van der Waals surface area contributed by atoms with Crippen molar-refractivity contribution in [2.75, 3.05) is 19.0 Å². The van der Waals surface area contributed by atoms with Crippen molar-refractivity contribution < 1.29 is 19.1 Å². The van der Waals surface area contributed by atoms with Gasteiger partial charge in [-0.3, -0.25) is 4.79 Å². The third-order valence-corrected chi connectivity index (χ3v) is 3.27. The highest BCUT2D eigenvalue weighted by atomic mass is 79.9. The molecule has 1 N–H and O–H groups in total. The molecule has 0 aromatic heterocycles. The maximum atomic E-state index is 11.9. The number of nitrogens with one attached hydrogen (secondary N) is 1. The number of methoxy groups -OCH3 is 1. The molecule has 0 atom stereocenters. The molecule has 0 aliphatic heterocycles. The third kappa shape index (κ3) is 4.33. The van der Waals surface area contributed by atoms with Crippen molar-refractivity contribution in [3.05, 3.63) is 58.6 Å². The van der Waals surface area contributed by atoms with Gasteiger partial charge < -0.3 is 14.8 Å². The molecular formula is C16H14BrNO4. The minimum atomic E-state index is -0.510. The summed E-state index contributed by atoms with van der Waals surface area (Å²) in [4.78, 5) is 23.6. The molecule has 2 aromatic rings. The first kappa shape index (κ1) is 16.0. The Morgan fingerprint density at radius 2 is 1.91 bits per heavy atom. The lowest BCUT2D eigenvalue weighted by Gasteiger charge is -2.10. The number of hydrogen-bond acceptors (Lipinski definition) is 4. The van der Waals surface area contributed by atoms with Crippen molar-refractivity contribution in [3.8, 4) is 5.75 Å². The van der Waals surface area contributed by atoms with Crippen LogP contribution in [0.25, 0.3) is 0 Å². The van der Waals surface area contributed by atoms with E-state index < -0.39 is 5.97 Å². The molecule has 2 aromatic carbocycles. The summed E-state index contributed by atoms with van der Waals surface area (Å²) in [6.07, 6.45) is 0. The van der Waals surface area contributed by atoms with Gasteiger partial charge in [-0.25, -0.2) is 4.79 Å². The Bertz CT molecular complexity index is 687.